The third-order valence-electron chi connectivity index (χ3n) is 2.13. The van der Waals surface area contributed by atoms with Crippen molar-refractivity contribution in [3.8, 4) is 0 Å². The Morgan fingerprint density at radius 3 is 2.00 bits per heavy atom. The number of halogens is 6. The minimum absolute atomic E-state index is 0.255. The predicted octanol–water partition coefficient (Wildman–Crippen LogP) is 2.21. The van der Waals surface area contributed by atoms with Gasteiger partial charge in [-0.3, -0.25) is 0 Å². The van der Waals surface area contributed by atoms with Crippen LogP contribution in [0.2, 0.25) is 0 Å². The lowest BCUT2D eigenvalue weighted by Crippen LogP contribution is -2.19. The van der Waals surface area contributed by atoms with Crippen molar-refractivity contribution in [1.82, 2.24) is 0 Å². The Balaban J connectivity index is 3.19. The Kier molecular flexibility index (Phi) is 4.48. The van der Waals surface area contributed by atoms with Gasteiger partial charge in [0, 0.05) is 0 Å². The van der Waals surface area contributed by atoms with Crippen LogP contribution in [0.4, 0.5) is 26.3 Å². The average molecular weight is 288 g/mol. The SMILES string of the molecule is OB(O)OCc1cc(C(F)(F)F)ccc1C(F)(F)F. The van der Waals surface area contributed by atoms with Gasteiger partial charge in [0.25, 0.3) is 0 Å². The summed E-state index contributed by atoms with van der Waals surface area (Å²) in [5.41, 5.74) is -3.46. The molecule has 0 bridgehead atoms. The van der Waals surface area contributed by atoms with Gasteiger partial charge in [-0.15, -0.1) is 0 Å². The third-order valence-corrected chi connectivity index (χ3v) is 2.13. The van der Waals surface area contributed by atoms with Gasteiger partial charge in [-0.1, -0.05) is 0 Å². The van der Waals surface area contributed by atoms with Crippen molar-refractivity contribution in [2.45, 2.75) is 19.0 Å². The first-order valence-corrected chi connectivity index (χ1v) is 4.77. The van der Waals surface area contributed by atoms with Crippen molar-refractivity contribution in [1.29, 1.82) is 0 Å². The Bertz CT molecular complexity index is 443. The van der Waals surface area contributed by atoms with Gasteiger partial charge in [-0.05, 0) is 23.8 Å². The smallest absolute Gasteiger partial charge is 0.402 e. The largest absolute Gasteiger partial charge is 0.634 e. The summed E-state index contributed by atoms with van der Waals surface area (Å²) in [6.07, 6.45) is -9.68. The van der Waals surface area contributed by atoms with Crippen LogP contribution in [0.25, 0.3) is 0 Å². The minimum Gasteiger partial charge on any atom is -0.402 e. The lowest BCUT2D eigenvalue weighted by atomic mass is 10.0. The molecule has 0 aromatic heterocycles. The molecule has 0 aliphatic rings. The number of hydrogen-bond donors (Lipinski definition) is 2. The molecule has 0 atom stereocenters. The van der Waals surface area contributed by atoms with E-state index in [2.05, 4.69) is 4.65 Å². The maximum absolute atomic E-state index is 12.5. The fourth-order valence-electron chi connectivity index (χ4n) is 1.33. The van der Waals surface area contributed by atoms with E-state index in [1.54, 1.807) is 0 Å². The normalized spacial score (nSPS) is 12.6. The second-order valence-corrected chi connectivity index (χ2v) is 3.50. The van der Waals surface area contributed by atoms with Crippen LogP contribution >= 0.6 is 0 Å². The summed E-state index contributed by atoms with van der Waals surface area (Å²) in [6.45, 7) is -1.02. The van der Waals surface area contributed by atoms with Gasteiger partial charge >= 0.3 is 19.7 Å². The molecule has 0 radical (unpaired) electrons. The Morgan fingerprint density at radius 2 is 1.58 bits per heavy atom. The van der Waals surface area contributed by atoms with Gasteiger partial charge in [-0.25, -0.2) is 0 Å². The molecule has 3 nitrogen and oxygen atoms in total. The molecule has 1 rings (SSSR count). The summed E-state index contributed by atoms with van der Waals surface area (Å²) in [6, 6.07) is 0.818. The maximum Gasteiger partial charge on any atom is 0.634 e. The molecule has 1 aromatic rings. The number of alkyl halides is 6. The van der Waals surface area contributed by atoms with E-state index >= 15 is 0 Å². The van der Waals surface area contributed by atoms with Crippen molar-refractivity contribution in [2.75, 3.05) is 0 Å². The molecule has 0 saturated carbocycles. The summed E-state index contributed by atoms with van der Waals surface area (Å²) in [5, 5.41) is 16.7. The van der Waals surface area contributed by atoms with Crippen LogP contribution in [0.5, 0.6) is 0 Å². The zero-order valence-corrected chi connectivity index (χ0v) is 9.09. The van der Waals surface area contributed by atoms with E-state index in [0.717, 1.165) is 0 Å². The van der Waals surface area contributed by atoms with Gasteiger partial charge in [0.1, 0.15) is 0 Å². The molecule has 10 heteroatoms. The van der Waals surface area contributed by atoms with Crippen LogP contribution in [0.15, 0.2) is 18.2 Å². The average Bonchev–Trinajstić information content (AvgIpc) is 2.23. The van der Waals surface area contributed by atoms with Crippen molar-refractivity contribution in [2.24, 2.45) is 0 Å². The van der Waals surface area contributed by atoms with Gasteiger partial charge in [0.15, 0.2) is 0 Å². The topological polar surface area (TPSA) is 49.7 Å². The first kappa shape index (κ1) is 15.8. The van der Waals surface area contributed by atoms with E-state index in [1.807, 2.05) is 0 Å². The standard InChI is InChI=1S/C9H7BF6O3/c11-8(12,13)6-1-2-7(9(14,15)16)5(3-6)4-19-10(17)18/h1-3,17-18H,4H2. The van der Waals surface area contributed by atoms with Crippen LogP contribution in [-0.4, -0.2) is 17.4 Å². The second-order valence-electron chi connectivity index (χ2n) is 3.50. The first-order valence-electron chi connectivity index (χ1n) is 4.77. The predicted molar refractivity (Wildman–Crippen MR) is 51.4 cm³/mol. The molecule has 19 heavy (non-hydrogen) atoms. The van der Waals surface area contributed by atoms with Crippen LogP contribution in [0.3, 0.4) is 0 Å². The van der Waals surface area contributed by atoms with E-state index in [-0.39, 0.29) is 12.1 Å². The summed E-state index contributed by atoms with van der Waals surface area (Å²) < 4.78 is 78.8. The van der Waals surface area contributed by atoms with Crippen LogP contribution in [0, 0.1) is 0 Å². The first-order chi connectivity index (χ1) is 8.51. The van der Waals surface area contributed by atoms with Gasteiger partial charge in [0.2, 0.25) is 0 Å². The molecule has 0 heterocycles. The molecule has 0 spiro atoms. The van der Waals surface area contributed by atoms with Crippen molar-refractivity contribution >= 4 is 7.32 Å². The van der Waals surface area contributed by atoms with Gasteiger partial charge in [-0.2, -0.15) is 26.3 Å². The molecule has 0 unspecified atom stereocenters. The summed E-state index contributed by atoms with van der Waals surface area (Å²) in [5.74, 6) is 0. The van der Waals surface area contributed by atoms with Crippen molar-refractivity contribution in [3.05, 3.63) is 34.9 Å². The number of hydrogen-bond acceptors (Lipinski definition) is 3. The maximum atomic E-state index is 12.5. The van der Waals surface area contributed by atoms with Crippen molar-refractivity contribution in [3.63, 3.8) is 0 Å². The quantitative estimate of drug-likeness (QED) is 0.662. The molecule has 0 fully saturated rings. The van der Waals surface area contributed by atoms with Crippen LogP contribution in [-0.2, 0) is 23.6 Å². The highest BCUT2D eigenvalue weighted by atomic mass is 19.4. The lowest BCUT2D eigenvalue weighted by Gasteiger charge is -2.15. The van der Waals surface area contributed by atoms with Crippen molar-refractivity contribution < 1.29 is 41.0 Å². The van der Waals surface area contributed by atoms with Crippen LogP contribution in [0.1, 0.15) is 16.7 Å². The molecule has 0 amide bonds. The monoisotopic (exact) mass is 288 g/mol. The third kappa shape index (κ3) is 4.41. The fraction of sp³-hybridized carbons (Fsp3) is 0.333. The molecule has 106 valence electrons. The Labute approximate surface area is 103 Å². The van der Waals surface area contributed by atoms with E-state index in [0.29, 0.717) is 6.07 Å². The highest BCUT2D eigenvalue weighted by molar-refractivity contribution is 6.32. The Hall–Kier alpha value is -1.26. The summed E-state index contributed by atoms with van der Waals surface area (Å²) in [4.78, 5) is 0. The fourth-order valence-corrected chi connectivity index (χ4v) is 1.33. The van der Waals surface area contributed by atoms with Gasteiger partial charge < -0.3 is 14.7 Å². The number of benzene rings is 1. The lowest BCUT2D eigenvalue weighted by molar-refractivity contribution is -0.142. The zero-order chi connectivity index (χ0) is 14.8. The van der Waals surface area contributed by atoms with E-state index in [9.17, 15) is 26.3 Å². The van der Waals surface area contributed by atoms with Crippen LogP contribution < -0.4 is 0 Å². The Morgan fingerprint density at radius 1 is 1.00 bits per heavy atom. The second kappa shape index (κ2) is 5.39. The van der Waals surface area contributed by atoms with Gasteiger partial charge in [0.05, 0.1) is 17.7 Å². The van der Waals surface area contributed by atoms with E-state index in [1.165, 1.54) is 0 Å². The van der Waals surface area contributed by atoms with E-state index < -0.39 is 43.0 Å². The summed E-state index contributed by atoms with van der Waals surface area (Å²) >= 11 is 0. The summed E-state index contributed by atoms with van der Waals surface area (Å²) in [7, 11) is -2.38. The molecule has 1 aromatic carbocycles. The molecule has 0 aliphatic carbocycles. The highest BCUT2D eigenvalue weighted by Gasteiger charge is 2.37. The minimum atomic E-state index is -4.87. The zero-order valence-electron chi connectivity index (χ0n) is 9.09. The molecule has 2 N–H and O–H groups in total. The molecule has 0 saturated heterocycles. The van der Waals surface area contributed by atoms with E-state index in [4.69, 9.17) is 10.0 Å². The highest BCUT2D eigenvalue weighted by Crippen LogP contribution is 2.36. The molecular weight excluding hydrogens is 281 g/mol. The molecule has 0 aliphatic heterocycles. The molecular formula is C9H7BF6O3. The number of rotatable bonds is 3.